The van der Waals surface area contributed by atoms with Crippen LogP contribution in [-0.2, 0) is 28.5 Å². The van der Waals surface area contributed by atoms with E-state index in [-0.39, 0.29) is 17.6 Å². The minimum Gasteiger partial charge on any atom is -0.479 e. The number of nitrogens with zero attached hydrogens (tertiary/aromatic N) is 1. The summed E-state index contributed by atoms with van der Waals surface area (Å²) in [4.78, 5) is 22.0. The minimum atomic E-state index is -1.38. The summed E-state index contributed by atoms with van der Waals surface area (Å²) in [7, 11) is 6.05. The maximum Gasteiger partial charge on any atom is 0.359 e. The fourth-order valence-electron chi connectivity index (χ4n) is 2.54. The summed E-state index contributed by atoms with van der Waals surface area (Å²) in [5, 5.41) is 28.4. The van der Waals surface area contributed by atoms with E-state index in [1.54, 1.807) is 14.1 Å². The van der Waals surface area contributed by atoms with E-state index in [9.17, 15) is 14.7 Å². The molecule has 0 aliphatic carbocycles. The standard InChI is InChI=1S/C14H25NO9/c1-15(2,7-8(16)17)5-6-23-11-9(18)10(21-3)12(13(19)20)24-14(11)22-4/h9-12,14,18H,5-7H2,1-4H3,(H-,16,17,19,20)/p+1/t9-,10-,11+,12?,14?/m0/s1. The highest BCUT2D eigenvalue weighted by atomic mass is 16.7. The zero-order chi connectivity index (χ0) is 18.5. The number of aliphatic hydroxyl groups excluding tert-OH is 1. The number of carbonyl (C=O) groups is 2. The molecule has 0 aromatic heterocycles. The van der Waals surface area contributed by atoms with Crippen LogP contribution in [0.25, 0.3) is 0 Å². The molecular formula is C14H26NO9+. The molecule has 1 rings (SSSR count). The van der Waals surface area contributed by atoms with E-state index < -0.39 is 42.6 Å². The fraction of sp³-hybridized carbons (Fsp3) is 0.857. The van der Waals surface area contributed by atoms with Crippen molar-refractivity contribution in [3.63, 3.8) is 0 Å². The number of likely N-dealkylation sites (N-methyl/N-ethyl adjacent to an activating group) is 1. The number of hydrogen-bond donors (Lipinski definition) is 3. The van der Waals surface area contributed by atoms with Crippen molar-refractivity contribution in [3.05, 3.63) is 0 Å². The number of rotatable bonds is 9. The molecule has 2 unspecified atom stereocenters. The van der Waals surface area contributed by atoms with E-state index in [4.69, 9.17) is 29.2 Å². The molecule has 0 amide bonds. The third-order valence-corrected chi connectivity index (χ3v) is 3.84. The van der Waals surface area contributed by atoms with Gasteiger partial charge in [-0.3, -0.25) is 0 Å². The van der Waals surface area contributed by atoms with Crippen LogP contribution >= 0.6 is 0 Å². The molecule has 24 heavy (non-hydrogen) atoms. The predicted molar refractivity (Wildman–Crippen MR) is 79.3 cm³/mol. The fourth-order valence-corrected chi connectivity index (χ4v) is 2.54. The first-order valence-electron chi connectivity index (χ1n) is 7.40. The van der Waals surface area contributed by atoms with E-state index in [0.29, 0.717) is 6.54 Å². The number of hydrogen-bond acceptors (Lipinski definition) is 7. The molecule has 140 valence electrons. The second kappa shape index (κ2) is 8.70. The molecule has 5 atom stereocenters. The third-order valence-electron chi connectivity index (χ3n) is 3.84. The summed E-state index contributed by atoms with van der Waals surface area (Å²) < 4.78 is 21.2. The molecule has 1 saturated heterocycles. The van der Waals surface area contributed by atoms with Gasteiger partial charge in [0.05, 0.1) is 20.7 Å². The smallest absolute Gasteiger partial charge is 0.359 e. The Morgan fingerprint density at radius 2 is 1.75 bits per heavy atom. The third kappa shape index (κ3) is 5.36. The molecule has 1 fully saturated rings. The SMILES string of the molecule is COC1OC(C(=O)O)[C@@H](OC)[C@H](O)[C@H]1OCC[N+](C)(C)CC(=O)O. The van der Waals surface area contributed by atoms with Crippen molar-refractivity contribution in [2.24, 2.45) is 0 Å². The van der Waals surface area contributed by atoms with Gasteiger partial charge in [0, 0.05) is 14.2 Å². The lowest BCUT2D eigenvalue weighted by Gasteiger charge is -2.41. The van der Waals surface area contributed by atoms with Gasteiger partial charge in [-0.25, -0.2) is 9.59 Å². The van der Waals surface area contributed by atoms with Gasteiger partial charge < -0.3 is 38.8 Å². The Labute approximate surface area is 140 Å². The largest absolute Gasteiger partial charge is 0.479 e. The van der Waals surface area contributed by atoms with Crippen LogP contribution in [0.1, 0.15) is 0 Å². The molecule has 10 nitrogen and oxygen atoms in total. The summed E-state index contributed by atoms with van der Waals surface area (Å²) in [5.74, 6) is -2.21. The minimum absolute atomic E-state index is 0.0808. The van der Waals surface area contributed by atoms with E-state index in [0.717, 1.165) is 0 Å². The van der Waals surface area contributed by atoms with E-state index in [2.05, 4.69) is 0 Å². The molecule has 0 aromatic rings. The summed E-state index contributed by atoms with van der Waals surface area (Å²) in [6.45, 7) is 0.411. The maximum atomic E-state index is 11.2. The van der Waals surface area contributed by atoms with Crippen LogP contribution in [0.15, 0.2) is 0 Å². The van der Waals surface area contributed by atoms with Gasteiger partial charge in [-0.2, -0.15) is 0 Å². The topological polar surface area (TPSA) is 132 Å². The lowest BCUT2D eigenvalue weighted by atomic mass is 9.98. The molecule has 0 spiro atoms. The summed E-state index contributed by atoms with van der Waals surface area (Å²) in [5.41, 5.74) is 0. The highest BCUT2D eigenvalue weighted by Crippen LogP contribution is 2.26. The predicted octanol–water partition coefficient (Wildman–Crippen LogP) is -1.64. The van der Waals surface area contributed by atoms with Gasteiger partial charge in [0.15, 0.2) is 18.9 Å². The number of aliphatic hydroxyl groups is 1. The van der Waals surface area contributed by atoms with E-state index in [1.165, 1.54) is 14.2 Å². The molecule has 0 aromatic carbocycles. The quantitative estimate of drug-likeness (QED) is 0.418. The van der Waals surface area contributed by atoms with Crippen molar-refractivity contribution in [2.45, 2.75) is 30.7 Å². The number of carboxylic acids is 2. The normalized spacial score (nSPS) is 31.0. The van der Waals surface area contributed by atoms with Crippen LogP contribution in [0, 0.1) is 0 Å². The molecule has 0 saturated carbocycles. The molecule has 1 heterocycles. The van der Waals surface area contributed by atoms with Crippen molar-refractivity contribution >= 4 is 11.9 Å². The molecule has 1 aliphatic rings. The highest BCUT2D eigenvalue weighted by molar-refractivity contribution is 5.73. The van der Waals surface area contributed by atoms with Gasteiger partial charge in [0.25, 0.3) is 0 Å². The summed E-state index contributed by atoms with van der Waals surface area (Å²) in [6, 6.07) is 0. The Bertz CT molecular complexity index is 442. The molecule has 0 radical (unpaired) electrons. The van der Waals surface area contributed by atoms with Crippen LogP contribution in [0.4, 0.5) is 0 Å². The average molecular weight is 352 g/mol. The Hall–Kier alpha value is -1.30. The molecule has 3 N–H and O–H groups in total. The van der Waals surface area contributed by atoms with E-state index in [1.807, 2.05) is 0 Å². The monoisotopic (exact) mass is 352 g/mol. The zero-order valence-electron chi connectivity index (χ0n) is 14.2. The molecule has 10 heteroatoms. The average Bonchev–Trinajstić information content (AvgIpc) is 2.46. The van der Waals surface area contributed by atoms with Crippen LogP contribution < -0.4 is 0 Å². The molecule has 1 aliphatic heterocycles. The first-order chi connectivity index (χ1) is 11.1. The Balaban J connectivity index is 2.71. The molecular weight excluding hydrogens is 326 g/mol. The maximum absolute atomic E-state index is 11.2. The van der Waals surface area contributed by atoms with Crippen molar-refractivity contribution in [1.29, 1.82) is 0 Å². The Morgan fingerprint density at radius 3 is 2.21 bits per heavy atom. The van der Waals surface area contributed by atoms with Gasteiger partial charge in [-0.05, 0) is 0 Å². The van der Waals surface area contributed by atoms with Crippen LogP contribution in [-0.4, -0.2) is 110 Å². The van der Waals surface area contributed by atoms with Gasteiger partial charge >= 0.3 is 11.9 Å². The van der Waals surface area contributed by atoms with Crippen molar-refractivity contribution in [2.75, 3.05) is 48.0 Å². The first-order valence-corrected chi connectivity index (χ1v) is 7.40. The number of carboxylic acid groups (broad SMARTS) is 2. The lowest BCUT2D eigenvalue weighted by Crippen LogP contribution is -2.62. The van der Waals surface area contributed by atoms with Gasteiger partial charge in [-0.15, -0.1) is 0 Å². The number of ether oxygens (including phenoxy) is 4. The lowest BCUT2D eigenvalue weighted by molar-refractivity contribution is -0.883. The Morgan fingerprint density at radius 1 is 1.12 bits per heavy atom. The van der Waals surface area contributed by atoms with Crippen molar-refractivity contribution < 1.29 is 48.3 Å². The van der Waals surface area contributed by atoms with Crippen LogP contribution in [0.3, 0.4) is 0 Å². The van der Waals surface area contributed by atoms with Crippen molar-refractivity contribution in [3.8, 4) is 0 Å². The second-order valence-corrected chi connectivity index (χ2v) is 6.24. The number of aliphatic carboxylic acids is 2. The molecule has 0 bridgehead atoms. The van der Waals surface area contributed by atoms with Crippen molar-refractivity contribution in [1.82, 2.24) is 0 Å². The van der Waals surface area contributed by atoms with E-state index >= 15 is 0 Å². The second-order valence-electron chi connectivity index (χ2n) is 6.24. The van der Waals surface area contributed by atoms with Gasteiger partial charge in [0.2, 0.25) is 0 Å². The van der Waals surface area contributed by atoms with Gasteiger partial charge in [0.1, 0.15) is 24.9 Å². The number of methoxy groups -OCH3 is 2. The Kier molecular flexibility index (Phi) is 7.52. The van der Waals surface area contributed by atoms with Gasteiger partial charge in [-0.1, -0.05) is 0 Å². The highest BCUT2D eigenvalue weighted by Gasteiger charge is 2.49. The summed E-state index contributed by atoms with van der Waals surface area (Å²) >= 11 is 0. The van der Waals surface area contributed by atoms with Crippen LogP contribution in [0.2, 0.25) is 0 Å². The number of quaternary nitrogens is 1. The van der Waals surface area contributed by atoms with Crippen LogP contribution in [0.5, 0.6) is 0 Å². The zero-order valence-corrected chi connectivity index (χ0v) is 14.2. The summed E-state index contributed by atoms with van der Waals surface area (Å²) in [6.07, 6.45) is -5.80. The first kappa shape index (κ1) is 20.7.